The highest BCUT2D eigenvalue weighted by Gasteiger charge is 2.01. The van der Waals surface area contributed by atoms with E-state index in [1.54, 1.807) is 0 Å². The first kappa shape index (κ1) is 16.5. The van der Waals surface area contributed by atoms with Crippen LogP contribution in [0.2, 0.25) is 0 Å². The molecule has 0 radical (unpaired) electrons. The number of hydrogen-bond acceptors (Lipinski definition) is 4. The third-order valence-corrected chi connectivity index (χ3v) is 2.45. The summed E-state index contributed by atoms with van der Waals surface area (Å²) in [4.78, 5) is 11.4. The topological polar surface area (TPSA) is 56.8 Å². The van der Waals surface area contributed by atoms with E-state index in [9.17, 15) is 4.79 Å². The van der Waals surface area contributed by atoms with Crippen molar-refractivity contribution in [2.24, 2.45) is 0 Å². The number of ether oxygens (including phenoxy) is 3. The standard InChI is InChI=1S/C15H23NO4/c1-2-9-18-11-12-19-10-8-16-15(17)20-13-14-6-4-3-5-7-14/h3-7H,2,8-13H2,1H3,(H,16,17). The number of carbonyl (C=O) groups is 1. The van der Waals surface area contributed by atoms with Crippen molar-refractivity contribution >= 4 is 6.09 Å². The number of hydrogen-bond donors (Lipinski definition) is 1. The summed E-state index contributed by atoms with van der Waals surface area (Å²) in [5.41, 5.74) is 0.965. The molecule has 0 heterocycles. The lowest BCUT2D eigenvalue weighted by molar-refractivity contribution is 0.0484. The van der Waals surface area contributed by atoms with Crippen LogP contribution in [0.1, 0.15) is 18.9 Å². The second-order valence-corrected chi connectivity index (χ2v) is 4.21. The Kier molecular flexibility index (Phi) is 9.26. The zero-order valence-electron chi connectivity index (χ0n) is 12.0. The zero-order valence-corrected chi connectivity index (χ0v) is 12.0. The highest BCUT2D eigenvalue weighted by Crippen LogP contribution is 2.00. The predicted molar refractivity (Wildman–Crippen MR) is 76.6 cm³/mol. The van der Waals surface area contributed by atoms with Crippen molar-refractivity contribution in [1.29, 1.82) is 0 Å². The van der Waals surface area contributed by atoms with Crippen LogP contribution in [0.15, 0.2) is 30.3 Å². The molecule has 1 rings (SSSR count). The van der Waals surface area contributed by atoms with Gasteiger partial charge in [0.05, 0.1) is 19.8 Å². The van der Waals surface area contributed by atoms with Crippen molar-refractivity contribution in [2.45, 2.75) is 20.0 Å². The van der Waals surface area contributed by atoms with Gasteiger partial charge in [0.2, 0.25) is 0 Å². The van der Waals surface area contributed by atoms with Gasteiger partial charge in [0.15, 0.2) is 0 Å². The second-order valence-electron chi connectivity index (χ2n) is 4.21. The third kappa shape index (κ3) is 8.50. The smallest absolute Gasteiger partial charge is 0.407 e. The van der Waals surface area contributed by atoms with Crippen LogP contribution in [0, 0.1) is 0 Å². The van der Waals surface area contributed by atoms with E-state index in [4.69, 9.17) is 14.2 Å². The quantitative estimate of drug-likeness (QED) is 0.669. The summed E-state index contributed by atoms with van der Waals surface area (Å²) < 4.78 is 15.6. The molecule has 1 aromatic rings. The fourth-order valence-electron chi connectivity index (χ4n) is 1.47. The van der Waals surface area contributed by atoms with Gasteiger partial charge >= 0.3 is 6.09 Å². The normalized spacial score (nSPS) is 10.2. The van der Waals surface area contributed by atoms with Crippen molar-refractivity contribution in [3.05, 3.63) is 35.9 Å². The van der Waals surface area contributed by atoms with E-state index in [0.717, 1.165) is 18.6 Å². The summed E-state index contributed by atoms with van der Waals surface area (Å²) in [7, 11) is 0. The van der Waals surface area contributed by atoms with Gasteiger partial charge in [-0.2, -0.15) is 0 Å². The van der Waals surface area contributed by atoms with Crippen LogP contribution in [0.5, 0.6) is 0 Å². The van der Waals surface area contributed by atoms with E-state index in [1.165, 1.54) is 0 Å². The molecule has 112 valence electrons. The number of amides is 1. The number of rotatable bonds is 10. The van der Waals surface area contributed by atoms with E-state index >= 15 is 0 Å². The largest absolute Gasteiger partial charge is 0.445 e. The maximum absolute atomic E-state index is 11.4. The molecule has 0 unspecified atom stereocenters. The summed E-state index contributed by atoms with van der Waals surface area (Å²) in [6.45, 7) is 5.11. The van der Waals surface area contributed by atoms with Gasteiger partial charge in [-0.15, -0.1) is 0 Å². The van der Waals surface area contributed by atoms with Gasteiger partial charge in [0, 0.05) is 13.2 Å². The van der Waals surface area contributed by atoms with Gasteiger partial charge < -0.3 is 19.5 Å². The summed E-state index contributed by atoms with van der Waals surface area (Å²) >= 11 is 0. The fourth-order valence-corrected chi connectivity index (χ4v) is 1.47. The molecule has 1 amide bonds. The molecule has 0 aliphatic carbocycles. The van der Waals surface area contributed by atoms with Gasteiger partial charge in [-0.25, -0.2) is 4.79 Å². The van der Waals surface area contributed by atoms with Crippen molar-refractivity contribution in [3.63, 3.8) is 0 Å². The number of nitrogens with one attached hydrogen (secondary N) is 1. The molecular weight excluding hydrogens is 258 g/mol. The lowest BCUT2D eigenvalue weighted by Gasteiger charge is -2.08. The van der Waals surface area contributed by atoms with Crippen molar-refractivity contribution < 1.29 is 19.0 Å². The maximum Gasteiger partial charge on any atom is 0.407 e. The van der Waals surface area contributed by atoms with Gasteiger partial charge in [-0.3, -0.25) is 0 Å². The predicted octanol–water partition coefficient (Wildman–Crippen LogP) is 2.36. The summed E-state index contributed by atoms with van der Waals surface area (Å²) in [6.07, 6.45) is 0.578. The Hall–Kier alpha value is -1.59. The minimum atomic E-state index is -0.431. The molecule has 5 nitrogen and oxygen atoms in total. The first-order valence-electron chi connectivity index (χ1n) is 6.93. The lowest BCUT2D eigenvalue weighted by Crippen LogP contribution is -2.28. The highest BCUT2D eigenvalue weighted by atomic mass is 16.5. The SMILES string of the molecule is CCCOCCOCCNC(=O)OCc1ccccc1. The molecule has 0 saturated carbocycles. The fraction of sp³-hybridized carbons (Fsp3) is 0.533. The van der Waals surface area contributed by atoms with Gasteiger partial charge in [0.25, 0.3) is 0 Å². The van der Waals surface area contributed by atoms with E-state index in [1.807, 2.05) is 30.3 Å². The van der Waals surface area contributed by atoms with Crippen molar-refractivity contribution in [3.8, 4) is 0 Å². The summed E-state index contributed by atoms with van der Waals surface area (Å²) in [6, 6.07) is 9.56. The second kappa shape index (κ2) is 11.3. The maximum atomic E-state index is 11.4. The van der Waals surface area contributed by atoms with Gasteiger partial charge in [-0.05, 0) is 12.0 Å². The van der Waals surface area contributed by atoms with Crippen LogP contribution >= 0.6 is 0 Å². The van der Waals surface area contributed by atoms with Crippen LogP contribution in [0.25, 0.3) is 0 Å². The van der Waals surface area contributed by atoms with E-state index < -0.39 is 6.09 Å². The average molecular weight is 281 g/mol. The summed E-state index contributed by atoms with van der Waals surface area (Å²) in [5.74, 6) is 0. The molecule has 0 aromatic heterocycles. The van der Waals surface area contributed by atoms with Crippen LogP contribution in [-0.2, 0) is 20.8 Å². The zero-order chi connectivity index (χ0) is 14.5. The first-order chi connectivity index (χ1) is 9.83. The van der Waals surface area contributed by atoms with Gasteiger partial charge in [-0.1, -0.05) is 37.3 Å². The van der Waals surface area contributed by atoms with E-state index in [0.29, 0.717) is 26.4 Å². The highest BCUT2D eigenvalue weighted by molar-refractivity contribution is 5.67. The molecule has 1 aromatic carbocycles. The van der Waals surface area contributed by atoms with Crippen molar-refractivity contribution in [2.75, 3.05) is 33.0 Å². The molecule has 5 heteroatoms. The first-order valence-corrected chi connectivity index (χ1v) is 6.93. The molecular formula is C15H23NO4. The minimum Gasteiger partial charge on any atom is -0.445 e. The molecule has 1 N–H and O–H groups in total. The number of alkyl carbamates (subject to hydrolysis) is 1. The van der Waals surface area contributed by atoms with Crippen LogP contribution < -0.4 is 5.32 Å². The molecule has 0 bridgehead atoms. The Balaban J connectivity index is 1.93. The van der Waals surface area contributed by atoms with E-state index in [-0.39, 0.29) is 6.61 Å². The molecule has 0 aliphatic rings. The molecule has 0 fully saturated rings. The van der Waals surface area contributed by atoms with Crippen LogP contribution in [-0.4, -0.2) is 39.1 Å². The molecule has 0 atom stereocenters. The molecule has 0 saturated heterocycles. The average Bonchev–Trinajstić information content (AvgIpc) is 2.49. The van der Waals surface area contributed by atoms with Crippen LogP contribution in [0.4, 0.5) is 4.79 Å². The summed E-state index contributed by atoms with van der Waals surface area (Å²) in [5, 5.41) is 2.63. The molecule has 20 heavy (non-hydrogen) atoms. The van der Waals surface area contributed by atoms with Gasteiger partial charge in [0.1, 0.15) is 6.61 Å². The Labute approximate surface area is 120 Å². The minimum absolute atomic E-state index is 0.276. The van der Waals surface area contributed by atoms with Crippen LogP contribution in [0.3, 0.4) is 0 Å². The Morgan fingerprint density at radius 3 is 2.45 bits per heavy atom. The number of carbonyl (C=O) groups excluding carboxylic acids is 1. The number of benzene rings is 1. The van der Waals surface area contributed by atoms with E-state index in [2.05, 4.69) is 12.2 Å². The molecule has 0 spiro atoms. The Bertz CT molecular complexity index is 356. The Morgan fingerprint density at radius 2 is 1.75 bits per heavy atom. The molecule has 0 aliphatic heterocycles. The monoisotopic (exact) mass is 281 g/mol. The third-order valence-electron chi connectivity index (χ3n) is 2.45. The van der Waals surface area contributed by atoms with Crippen molar-refractivity contribution in [1.82, 2.24) is 5.32 Å². The Morgan fingerprint density at radius 1 is 1.05 bits per heavy atom. The lowest BCUT2D eigenvalue weighted by atomic mass is 10.2.